The maximum Gasteiger partial charge on any atom is 0.331 e. The lowest BCUT2D eigenvalue weighted by molar-refractivity contribution is -0.132. The van der Waals surface area contributed by atoms with Gasteiger partial charge in [-0.05, 0) is 42.7 Å². The van der Waals surface area contributed by atoms with Gasteiger partial charge in [0.1, 0.15) is 23.7 Å². The lowest BCUT2D eigenvalue weighted by Gasteiger charge is -2.35. The van der Waals surface area contributed by atoms with Crippen LogP contribution in [0, 0.1) is 5.82 Å². The molecule has 2 fully saturated rings. The van der Waals surface area contributed by atoms with Crippen LogP contribution in [0.1, 0.15) is 43.2 Å². The zero-order valence-electron chi connectivity index (χ0n) is 17.0. The number of carbonyl (C=O) groups is 3. The number of barbiturate groups is 1. The van der Waals surface area contributed by atoms with E-state index < -0.39 is 17.8 Å². The monoisotopic (exact) mass is 422 g/mol. The third kappa shape index (κ3) is 4.66. The average molecular weight is 422 g/mol. The van der Waals surface area contributed by atoms with E-state index >= 15 is 0 Å². The van der Waals surface area contributed by atoms with Crippen LogP contribution in [-0.2, 0) is 16.2 Å². The van der Waals surface area contributed by atoms with Crippen molar-refractivity contribution in [3.8, 4) is 5.75 Å². The van der Waals surface area contributed by atoms with Gasteiger partial charge in [0, 0.05) is 11.6 Å². The first kappa shape index (κ1) is 20.8. The molecule has 2 aliphatic rings. The van der Waals surface area contributed by atoms with E-state index in [0.717, 1.165) is 32.1 Å². The second-order valence-corrected chi connectivity index (χ2v) is 7.74. The molecule has 4 amide bonds. The quantitative estimate of drug-likeness (QED) is 0.579. The number of amides is 4. The minimum absolute atomic E-state index is 0.105. The van der Waals surface area contributed by atoms with Crippen LogP contribution >= 0.6 is 0 Å². The molecular weight excluding hydrogens is 399 g/mol. The minimum atomic E-state index is -0.720. The van der Waals surface area contributed by atoms with Crippen molar-refractivity contribution in [1.82, 2.24) is 10.2 Å². The number of halogens is 1. The van der Waals surface area contributed by atoms with E-state index in [2.05, 4.69) is 5.32 Å². The van der Waals surface area contributed by atoms with E-state index in [0.29, 0.717) is 16.9 Å². The van der Waals surface area contributed by atoms with E-state index in [1.807, 2.05) is 0 Å². The van der Waals surface area contributed by atoms with Crippen LogP contribution in [-0.4, -0.2) is 28.8 Å². The molecule has 1 aliphatic heterocycles. The Morgan fingerprint density at radius 3 is 2.58 bits per heavy atom. The Balaban J connectivity index is 1.58. The predicted octanol–water partition coefficient (Wildman–Crippen LogP) is 4.20. The van der Waals surface area contributed by atoms with E-state index in [1.54, 1.807) is 36.4 Å². The molecular formula is C24H23FN2O4. The maximum atomic E-state index is 13.4. The second-order valence-electron chi connectivity index (χ2n) is 7.74. The summed E-state index contributed by atoms with van der Waals surface area (Å²) in [5.74, 6) is -1.21. The highest BCUT2D eigenvalue weighted by Gasteiger charge is 2.40. The Hall–Kier alpha value is -3.48. The number of nitrogens with zero attached hydrogens (tertiary/aromatic N) is 1. The van der Waals surface area contributed by atoms with E-state index in [4.69, 9.17) is 4.74 Å². The van der Waals surface area contributed by atoms with Crippen molar-refractivity contribution < 1.29 is 23.5 Å². The van der Waals surface area contributed by atoms with E-state index in [9.17, 15) is 18.8 Å². The van der Waals surface area contributed by atoms with Crippen molar-refractivity contribution in [3.63, 3.8) is 0 Å². The molecule has 1 aliphatic carbocycles. The fraction of sp³-hybridized carbons (Fsp3) is 0.292. The van der Waals surface area contributed by atoms with Crippen LogP contribution in [0.5, 0.6) is 5.75 Å². The Kier molecular flexibility index (Phi) is 6.11. The normalized spacial score (nSPS) is 18.9. The summed E-state index contributed by atoms with van der Waals surface area (Å²) in [4.78, 5) is 39.1. The predicted molar refractivity (Wildman–Crippen MR) is 112 cm³/mol. The van der Waals surface area contributed by atoms with Crippen LogP contribution in [0.15, 0.2) is 54.1 Å². The standard InChI is InChI=1S/C24H23FN2O4/c25-18-9-6-7-16(13-18)15-31-21-12-5-4-8-17(21)14-20-22(28)26-24(30)27(23(20)29)19-10-2-1-3-11-19/h4-9,12-14,19H,1-3,10-11,15H2,(H,26,28,30). The van der Waals surface area contributed by atoms with Crippen molar-refractivity contribution in [1.29, 1.82) is 0 Å². The highest BCUT2D eigenvalue weighted by Crippen LogP contribution is 2.28. The van der Waals surface area contributed by atoms with Gasteiger partial charge in [0.15, 0.2) is 0 Å². The highest BCUT2D eigenvalue weighted by molar-refractivity contribution is 6.31. The number of benzene rings is 2. The molecule has 7 heteroatoms. The van der Waals surface area contributed by atoms with Gasteiger partial charge in [0.05, 0.1) is 0 Å². The fourth-order valence-electron chi connectivity index (χ4n) is 4.02. The molecule has 1 saturated carbocycles. The molecule has 2 aromatic carbocycles. The van der Waals surface area contributed by atoms with Gasteiger partial charge in [-0.15, -0.1) is 0 Å². The smallest absolute Gasteiger partial charge is 0.331 e. The zero-order valence-corrected chi connectivity index (χ0v) is 17.0. The summed E-state index contributed by atoms with van der Waals surface area (Å²) in [6.45, 7) is 0.130. The van der Waals surface area contributed by atoms with Crippen LogP contribution in [0.4, 0.5) is 9.18 Å². The van der Waals surface area contributed by atoms with Crippen LogP contribution in [0.2, 0.25) is 0 Å². The second kappa shape index (κ2) is 9.12. The molecule has 0 unspecified atom stereocenters. The SMILES string of the molecule is O=C1NC(=O)N(C2CCCCC2)C(=O)C1=Cc1ccccc1OCc1cccc(F)c1. The molecule has 1 saturated heterocycles. The fourth-order valence-corrected chi connectivity index (χ4v) is 4.02. The van der Waals surface area contributed by atoms with Gasteiger partial charge in [-0.3, -0.25) is 19.8 Å². The van der Waals surface area contributed by atoms with Gasteiger partial charge in [-0.25, -0.2) is 9.18 Å². The van der Waals surface area contributed by atoms with Crippen molar-refractivity contribution >= 4 is 23.9 Å². The summed E-state index contributed by atoms with van der Waals surface area (Å²) in [5, 5.41) is 2.29. The number of carbonyl (C=O) groups excluding carboxylic acids is 3. The summed E-state index contributed by atoms with van der Waals surface area (Å²) in [5.41, 5.74) is 1.07. The van der Waals surface area contributed by atoms with Gasteiger partial charge >= 0.3 is 6.03 Å². The molecule has 31 heavy (non-hydrogen) atoms. The third-order valence-corrected chi connectivity index (χ3v) is 5.58. The topological polar surface area (TPSA) is 75.7 Å². The van der Waals surface area contributed by atoms with Crippen LogP contribution in [0.3, 0.4) is 0 Å². The molecule has 160 valence electrons. The summed E-state index contributed by atoms with van der Waals surface area (Å²) < 4.78 is 19.2. The van der Waals surface area contributed by atoms with Gasteiger partial charge in [-0.1, -0.05) is 49.6 Å². The molecule has 0 atom stereocenters. The molecule has 1 N–H and O–H groups in total. The van der Waals surface area contributed by atoms with Crippen molar-refractivity contribution in [2.24, 2.45) is 0 Å². The highest BCUT2D eigenvalue weighted by atomic mass is 19.1. The van der Waals surface area contributed by atoms with Gasteiger partial charge in [0.2, 0.25) is 0 Å². The minimum Gasteiger partial charge on any atom is -0.488 e. The van der Waals surface area contributed by atoms with Crippen molar-refractivity contribution in [3.05, 3.63) is 71.0 Å². The number of para-hydroxylation sites is 1. The van der Waals surface area contributed by atoms with Crippen molar-refractivity contribution in [2.45, 2.75) is 44.8 Å². The molecule has 2 aromatic rings. The van der Waals surface area contributed by atoms with Gasteiger partial charge < -0.3 is 4.74 Å². The number of hydrogen-bond donors (Lipinski definition) is 1. The van der Waals surface area contributed by atoms with Gasteiger partial charge in [-0.2, -0.15) is 0 Å². The maximum absolute atomic E-state index is 13.4. The number of urea groups is 1. The first-order valence-corrected chi connectivity index (χ1v) is 10.4. The zero-order chi connectivity index (χ0) is 21.8. The Morgan fingerprint density at radius 1 is 1.03 bits per heavy atom. The molecule has 4 rings (SSSR count). The molecule has 1 heterocycles. The van der Waals surface area contributed by atoms with Crippen molar-refractivity contribution in [2.75, 3.05) is 0 Å². The Bertz CT molecular complexity index is 1040. The first-order chi connectivity index (χ1) is 15.0. The molecule has 6 nitrogen and oxygen atoms in total. The summed E-state index contributed by atoms with van der Waals surface area (Å²) in [6, 6.07) is 12.2. The van der Waals surface area contributed by atoms with Crippen LogP contribution in [0.25, 0.3) is 6.08 Å². The lowest BCUT2D eigenvalue weighted by atomic mass is 9.93. The van der Waals surface area contributed by atoms with E-state index in [1.165, 1.54) is 23.1 Å². The third-order valence-electron chi connectivity index (χ3n) is 5.58. The average Bonchev–Trinajstić information content (AvgIpc) is 2.76. The summed E-state index contributed by atoms with van der Waals surface area (Å²) in [7, 11) is 0. The van der Waals surface area contributed by atoms with Crippen LogP contribution < -0.4 is 10.1 Å². The number of nitrogens with one attached hydrogen (secondary N) is 1. The first-order valence-electron chi connectivity index (χ1n) is 10.4. The van der Waals surface area contributed by atoms with E-state index in [-0.39, 0.29) is 24.0 Å². The van der Waals surface area contributed by atoms with Gasteiger partial charge in [0.25, 0.3) is 11.8 Å². The number of rotatable bonds is 5. The number of hydrogen-bond acceptors (Lipinski definition) is 4. The summed E-state index contributed by atoms with van der Waals surface area (Å²) >= 11 is 0. The Morgan fingerprint density at radius 2 is 1.81 bits per heavy atom. The molecule has 0 spiro atoms. The lowest BCUT2D eigenvalue weighted by Crippen LogP contribution is -2.58. The molecule has 0 radical (unpaired) electrons. The largest absolute Gasteiger partial charge is 0.488 e. The molecule has 0 bridgehead atoms. The number of ether oxygens (including phenoxy) is 1. The Labute approximate surface area is 179 Å². The molecule has 0 aromatic heterocycles. The number of imide groups is 2. The summed E-state index contributed by atoms with van der Waals surface area (Å²) in [6.07, 6.45) is 5.91.